The average molecular weight is 415 g/mol. The molecule has 0 fully saturated rings. The number of methoxy groups -OCH3 is 1. The predicted molar refractivity (Wildman–Crippen MR) is 111 cm³/mol. The van der Waals surface area contributed by atoms with E-state index in [0.717, 1.165) is 22.2 Å². The molecule has 2 rings (SSSR count). The Hall–Kier alpha value is -3.49. The fraction of sp³-hybridized carbons (Fsp3) is 0.400. The van der Waals surface area contributed by atoms with Gasteiger partial charge in [0, 0.05) is 56.8 Å². The number of aliphatic carboxylic acids is 1. The minimum absolute atomic E-state index is 0.139. The zero-order valence-corrected chi connectivity index (χ0v) is 17.1. The number of Topliss-reactive ketones (excluding diaryl/α,β-unsaturated/α-hetero) is 1. The molecule has 1 aromatic carbocycles. The summed E-state index contributed by atoms with van der Waals surface area (Å²) >= 11 is 0. The van der Waals surface area contributed by atoms with Crippen LogP contribution in [0.2, 0.25) is 0 Å². The Balaban J connectivity index is 2.16. The number of rotatable bonds is 11. The largest absolute Gasteiger partial charge is 0.480 e. The lowest BCUT2D eigenvalue weighted by molar-refractivity contribution is -0.144. The van der Waals surface area contributed by atoms with E-state index in [9.17, 15) is 19.5 Å². The predicted octanol–water partition coefficient (Wildman–Crippen LogP) is 1.01. The Morgan fingerprint density at radius 3 is 2.70 bits per heavy atom. The Labute approximate surface area is 173 Å². The molecule has 30 heavy (non-hydrogen) atoms. The molecule has 1 amide bonds. The van der Waals surface area contributed by atoms with Crippen molar-refractivity contribution in [2.45, 2.75) is 31.4 Å². The van der Waals surface area contributed by atoms with Crippen LogP contribution >= 0.6 is 0 Å². The number of anilines is 1. The summed E-state index contributed by atoms with van der Waals surface area (Å²) in [7, 11) is 5.22. The monoisotopic (exact) mass is 415 g/mol. The van der Waals surface area contributed by atoms with Gasteiger partial charge in [-0.25, -0.2) is 4.79 Å². The number of carboxylic acids is 1. The summed E-state index contributed by atoms with van der Waals surface area (Å²) in [6, 6.07) is 4.56. The summed E-state index contributed by atoms with van der Waals surface area (Å²) in [5, 5.41) is 12.7. The second-order valence-corrected chi connectivity index (χ2v) is 6.99. The summed E-state index contributed by atoms with van der Waals surface area (Å²) in [5.74, 6) is -2.41. The normalized spacial score (nSPS) is 12.6. The van der Waals surface area contributed by atoms with Crippen molar-refractivity contribution in [2.75, 3.05) is 26.1 Å². The van der Waals surface area contributed by atoms with E-state index in [1.165, 1.54) is 7.11 Å². The maximum Gasteiger partial charge on any atom is 0.326 e. The molecule has 0 saturated carbocycles. The number of hydrogen-bond acceptors (Lipinski definition) is 5. The summed E-state index contributed by atoms with van der Waals surface area (Å²) in [4.78, 5) is 43.3. The molecule has 1 aromatic heterocycles. The number of hydrogen-bond donors (Lipinski definition) is 3. The molecule has 10 nitrogen and oxygen atoms in total. The molecule has 2 aromatic rings. The van der Waals surface area contributed by atoms with E-state index < -0.39 is 29.8 Å². The number of nitrogens with one attached hydrogen (secondary N) is 2. The number of aromatic nitrogens is 1. The van der Waals surface area contributed by atoms with Crippen molar-refractivity contribution in [3.8, 4) is 0 Å². The van der Waals surface area contributed by atoms with Gasteiger partial charge in [0.2, 0.25) is 11.7 Å². The average Bonchev–Trinajstić information content (AvgIpc) is 3.11. The number of ether oxygens (including phenoxy) is 1. The minimum atomic E-state index is -1.27. The lowest BCUT2D eigenvalue weighted by atomic mass is 10.0. The Bertz CT molecular complexity index is 977. The van der Waals surface area contributed by atoms with E-state index in [2.05, 4.69) is 15.1 Å². The molecule has 0 aliphatic heterocycles. The zero-order chi connectivity index (χ0) is 22.3. The molecule has 0 spiro atoms. The molecule has 160 valence electrons. The van der Waals surface area contributed by atoms with Gasteiger partial charge in [-0.1, -0.05) is 6.07 Å². The van der Waals surface area contributed by atoms with Crippen molar-refractivity contribution >= 4 is 40.5 Å². The van der Waals surface area contributed by atoms with Crippen LogP contribution in [0.5, 0.6) is 0 Å². The van der Waals surface area contributed by atoms with Gasteiger partial charge in [0.15, 0.2) is 0 Å². The van der Waals surface area contributed by atoms with Gasteiger partial charge in [0.25, 0.3) is 0 Å². The lowest BCUT2D eigenvalue weighted by Gasteiger charge is -2.20. The summed E-state index contributed by atoms with van der Waals surface area (Å²) in [5.41, 5.74) is 11.1. The molecule has 0 aliphatic rings. The third kappa shape index (κ3) is 5.53. The van der Waals surface area contributed by atoms with E-state index in [1.807, 2.05) is 37.2 Å². The second-order valence-electron chi connectivity index (χ2n) is 6.99. The van der Waals surface area contributed by atoms with Crippen LogP contribution in [0.4, 0.5) is 5.69 Å². The Morgan fingerprint density at radius 2 is 2.10 bits per heavy atom. The van der Waals surface area contributed by atoms with Gasteiger partial charge in [-0.2, -0.15) is 4.79 Å². The van der Waals surface area contributed by atoms with Crippen LogP contribution in [0.1, 0.15) is 18.4 Å². The van der Waals surface area contributed by atoms with Crippen molar-refractivity contribution in [1.82, 2.24) is 10.3 Å². The number of H-pyrrole nitrogens is 1. The first-order valence-corrected chi connectivity index (χ1v) is 9.31. The lowest BCUT2D eigenvalue weighted by Crippen LogP contribution is -2.46. The molecule has 1 heterocycles. The standard InChI is InChI=1S/C20H25N5O5/c1-25(2)16-6-4-5-14-18(16)12(10-22-14)9-17(30-3)19(27)24-15(20(28)29)8-7-13(26)11-23-21/h4-6,10-11,15,17,22H,7-9H2,1-3H3,(H,24,27)(H,28,29). The van der Waals surface area contributed by atoms with Crippen molar-refractivity contribution in [2.24, 2.45) is 0 Å². The summed E-state index contributed by atoms with van der Waals surface area (Å²) in [6.07, 6.45) is 1.48. The van der Waals surface area contributed by atoms with Crippen LogP contribution < -0.4 is 10.2 Å². The fourth-order valence-corrected chi connectivity index (χ4v) is 3.19. The third-order valence-corrected chi connectivity index (χ3v) is 4.73. The molecule has 0 radical (unpaired) electrons. The molecular formula is C20H25N5O5. The van der Waals surface area contributed by atoms with Crippen molar-refractivity contribution in [3.05, 3.63) is 35.5 Å². The first kappa shape index (κ1) is 22.8. The molecule has 2 atom stereocenters. The molecule has 0 bridgehead atoms. The minimum Gasteiger partial charge on any atom is -0.480 e. The van der Waals surface area contributed by atoms with Gasteiger partial charge in [-0.3, -0.25) is 9.59 Å². The topological polar surface area (TPSA) is 148 Å². The van der Waals surface area contributed by atoms with Gasteiger partial charge in [-0.15, -0.1) is 0 Å². The summed E-state index contributed by atoms with van der Waals surface area (Å²) in [6.45, 7) is 0. The second kappa shape index (κ2) is 10.3. The number of carbonyl (C=O) groups excluding carboxylic acids is 2. The first-order valence-electron chi connectivity index (χ1n) is 9.31. The Kier molecular flexibility index (Phi) is 7.85. The van der Waals surface area contributed by atoms with Gasteiger partial charge in [0.05, 0.1) is 0 Å². The maximum absolute atomic E-state index is 12.7. The highest BCUT2D eigenvalue weighted by atomic mass is 16.5. The third-order valence-electron chi connectivity index (χ3n) is 4.73. The highest BCUT2D eigenvalue weighted by Crippen LogP contribution is 2.29. The quantitative estimate of drug-likeness (QED) is 0.283. The van der Waals surface area contributed by atoms with Crippen molar-refractivity contribution in [3.63, 3.8) is 0 Å². The molecule has 2 unspecified atom stereocenters. The van der Waals surface area contributed by atoms with E-state index in [0.29, 0.717) is 6.21 Å². The highest BCUT2D eigenvalue weighted by Gasteiger charge is 2.27. The van der Waals surface area contributed by atoms with Gasteiger partial charge >= 0.3 is 12.2 Å². The number of carbonyl (C=O) groups is 3. The number of benzene rings is 1. The van der Waals surface area contributed by atoms with E-state index in [4.69, 9.17) is 10.3 Å². The SMILES string of the molecule is COC(Cc1c[nH]c2cccc(N(C)C)c12)C(=O)NC(CCC(=O)C=[N+]=[N-])C(=O)O. The van der Waals surface area contributed by atoms with Gasteiger partial charge in [-0.05, 0) is 24.1 Å². The van der Waals surface area contributed by atoms with Gasteiger partial charge < -0.3 is 30.6 Å². The molecule has 0 saturated heterocycles. The number of amides is 1. The number of aromatic amines is 1. The Morgan fingerprint density at radius 1 is 1.37 bits per heavy atom. The van der Waals surface area contributed by atoms with Crippen LogP contribution in [-0.4, -0.2) is 72.1 Å². The molecular weight excluding hydrogens is 390 g/mol. The molecule has 10 heteroatoms. The number of ketones is 1. The molecule has 3 N–H and O–H groups in total. The van der Waals surface area contributed by atoms with Crippen LogP contribution in [0.3, 0.4) is 0 Å². The van der Waals surface area contributed by atoms with Crippen LogP contribution in [0.15, 0.2) is 24.4 Å². The number of carboxylic acid groups (broad SMARTS) is 1. The van der Waals surface area contributed by atoms with Crippen LogP contribution in [0, 0.1) is 0 Å². The first-order chi connectivity index (χ1) is 14.3. The van der Waals surface area contributed by atoms with Crippen LogP contribution in [0.25, 0.3) is 16.4 Å². The zero-order valence-electron chi connectivity index (χ0n) is 17.1. The summed E-state index contributed by atoms with van der Waals surface area (Å²) < 4.78 is 5.33. The maximum atomic E-state index is 12.7. The highest BCUT2D eigenvalue weighted by molar-refractivity contribution is 6.25. The van der Waals surface area contributed by atoms with E-state index in [1.54, 1.807) is 6.20 Å². The number of fused-ring (bicyclic) bond motifs is 1. The van der Waals surface area contributed by atoms with E-state index >= 15 is 0 Å². The van der Waals surface area contributed by atoms with Gasteiger partial charge in [0.1, 0.15) is 12.1 Å². The van der Waals surface area contributed by atoms with Crippen molar-refractivity contribution in [1.29, 1.82) is 0 Å². The van der Waals surface area contributed by atoms with E-state index in [-0.39, 0.29) is 19.3 Å². The smallest absolute Gasteiger partial charge is 0.326 e. The fourth-order valence-electron chi connectivity index (χ4n) is 3.19. The van der Waals surface area contributed by atoms with Crippen molar-refractivity contribution < 1.29 is 29.0 Å². The molecule has 0 aliphatic carbocycles. The van der Waals surface area contributed by atoms with Crippen LogP contribution in [-0.2, 0) is 25.5 Å². The number of nitrogens with zero attached hydrogens (tertiary/aromatic N) is 3.